The Morgan fingerprint density at radius 2 is 1.69 bits per heavy atom. The van der Waals surface area contributed by atoms with Crippen molar-refractivity contribution in [2.24, 2.45) is 0 Å². The van der Waals surface area contributed by atoms with Gasteiger partial charge in [-0.3, -0.25) is 9.78 Å². The molecule has 1 aliphatic carbocycles. The third kappa shape index (κ3) is 5.85. The third-order valence-electron chi connectivity index (χ3n) is 5.82. The Kier molecular flexibility index (Phi) is 7.69. The topological polar surface area (TPSA) is 54.0 Å². The number of nitrogens with zero attached hydrogens (tertiary/aromatic N) is 1. The number of rotatable bonds is 9. The Labute approximate surface area is 190 Å². The van der Waals surface area contributed by atoms with Crippen molar-refractivity contribution >= 4 is 28.6 Å². The van der Waals surface area contributed by atoms with Gasteiger partial charge in [0.1, 0.15) is 0 Å². The molecule has 0 unspecified atom stereocenters. The van der Waals surface area contributed by atoms with Gasteiger partial charge in [0.25, 0.3) is 0 Å². The van der Waals surface area contributed by atoms with E-state index in [2.05, 4.69) is 34.9 Å². The molecule has 164 valence electrons. The quantitative estimate of drug-likeness (QED) is 0.263. The maximum atomic E-state index is 12.0. The molecule has 1 aromatic heterocycles. The third-order valence-corrected chi connectivity index (χ3v) is 5.82. The Morgan fingerprint density at radius 1 is 0.906 bits per heavy atom. The molecule has 4 rings (SSSR count). The van der Waals surface area contributed by atoms with Gasteiger partial charge in [0.05, 0.1) is 5.52 Å². The number of aryl methyl sites for hydroxylation is 1. The van der Waals surface area contributed by atoms with Gasteiger partial charge in [0, 0.05) is 35.9 Å². The highest BCUT2D eigenvalue weighted by molar-refractivity contribution is 5.93. The van der Waals surface area contributed by atoms with Gasteiger partial charge in [-0.15, -0.1) is 0 Å². The Hall–Kier alpha value is -3.40. The van der Waals surface area contributed by atoms with Gasteiger partial charge >= 0.3 is 0 Å². The number of anilines is 1. The van der Waals surface area contributed by atoms with Gasteiger partial charge < -0.3 is 10.6 Å². The fourth-order valence-corrected chi connectivity index (χ4v) is 4.18. The summed E-state index contributed by atoms with van der Waals surface area (Å²) in [6, 6.07) is 18.5. The summed E-state index contributed by atoms with van der Waals surface area (Å²) in [5.41, 5.74) is 6.13. The number of amides is 1. The number of hydrogen-bond donors (Lipinski definition) is 2. The summed E-state index contributed by atoms with van der Waals surface area (Å²) in [6.45, 7) is 1.58. The summed E-state index contributed by atoms with van der Waals surface area (Å²) < 4.78 is 0. The predicted molar refractivity (Wildman–Crippen MR) is 134 cm³/mol. The van der Waals surface area contributed by atoms with Gasteiger partial charge in [-0.25, -0.2) is 0 Å². The lowest BCUT2D eigenvalue weighted by Crippen LogP contribution is -2.22. The van der Waals surface area contributed by atoms with Crippen molar-refractivity contribution in [3.05, 3.63) is 89.6 Å². The van der Waals surface area contributed by atoms with Crippen molar-refractivity contribution in [2.75, 3.05) is 18.4 Å². The first kappa shape index (κ1) is 21.8. The maximum Gasteiger partial charge on any atom is 0.243 e. The SMILES string of the molecule is O=C(/C=C/C=C/c1ccccc1)NCCCCNc1c2c(nc3ccccc13)CCCC2. The van der Waals surface area contributed by atoms with Crippen LogP contribution in [-0.2, 0) is 17.6 Å². The fourth-order valence-electron chi connectivity index (χ4n) is 4.18. The number of hydrogen-bond acceptors (Lipinski definition) is 3. The summed E-state index contributed by atoms with van der Waals surface area (Å²) in [5, 5.41) is 7.87. The van der Waals surface area contributed by atoms with E-state index < -0.39 is 0 Å². The molecule has 1 heterocycles. The molecular formula is C28H31N3O. The van der Waals surface area contributed by atoms with Crippen LogP contribution in [0.3, 0.4) is 0 Å². The van der Waals surface area contributed by atoms with Crippen LogP contribution < -0.4 is 10.6 Å². The maximum absolute atomic E-state index is 12.0. The molecule has 0 atom stereocenters. The summed E-state index contributed by atoms with van der Waals surface area (Å²) in [5.74, 6) is -0.0510. The van der Waals surface area contributed by atoms with E-state index in [4.69, 9.17) is 4.98 Å². The fraction of sp³-hybridized carbons (Fsp3) is 0.286. The number of allylic oxidation sites excluding steroid dienone is 2. The van der Waals surface area contributed by atoms with Crippen LogP contribution in [0, 0.1) is 0 Å². The van der Waals surface area contributed by atoms with Crippen LogP contribution in [0.2, 0.25) is 0 Å². The molecule has 32 heavy (non-hydrogen) atoms. The molecule has 0 saturated heterocycles. The van der Waals surface area contributed by atoms with Gasteiger partial charge in [-0.05, 0) is 55.7 Å². The number of para-hydroxylation sites is 1. The second-order valence-corrected chi connectivity index (χ2v) is 8.19. The minimum Gasteiger partial charge on any atom is -0.384 e. The number of carbonyl (C=O) groups excluding carboxylic acids is 1. The summed E-state index contributed by atoms with van der Waals surface area (Å²) >= 11 is 0. The first-order valence-corrected chi connectivity index (χ1v) is 11.6. The summed E-state index contributed by atoms with van der Waals surface area (Å²) in [7, 11) is 0. The number of aromatic nitrogens is 1. The van der Waals surface area contributed by atoms with E-state index in [9.17, 15) is 4.79 Å². The Balaban J connectivity index is 1.21. The lowest BCUT2D eigenvalue weighted by Gasteiger charge is -2.21. The van der Waals surface area contributed by atoms with Crippen LogP contribution >= 0.6 is 0 Å². The van der Waals surface area contributed by atoms with E-state index >= 15 is 0 Å². The molecule has 1 amide bonds. The minimum atomic E-state index is -0.0510. The zero-order valence-corrected chi connectivity index (χ0v) is 18.5. The van der Waals surface area contributed by atoms with Gasteiger partial charge in [0.15, 0.2) is 0 Å². The highest BCUT2D eigenvalue weighted by Crippen LogP contribution is 2.33. The van der Waals surface area contributed by atoms with Gasteiger partial charge in [-0.2, -0.15) is 0 Å². The van der Waals surface area contributed by atoms with E-state index in [1.54, 1.807) is 12.2 Å². The molecule has 1 aliphatic rings. The summed E-state index contributed by atoms with van der Waals surface area (Å²) in [6.07, 6.45) is 13.8. The van der Waals surface area contributed by atoms with Crippen LogP contribution in [0.5, 0.6) is 0 Å². The van der Waals surface area contributed by atoms with E-state index in [1.165, 1.54) is 35.2 Å². The largest absolute Gasteiger partial charge is 0.384 e. The van der Waals surface area contributed by atoms with E-state index in [1.807, 2.05) is 42.5 Å². The van der Waals surface area contributed by atoms with Crippen molar-refractivity contribution in [1.29, 1.82) is 0 Å². The first-order chi connectivity index (χ1) is 15.8. The van der Waals surface area contributed by atoms with E-state index in [0.717, 1.165) is 43.3 Å². The molecule has 0 saturated carbocycles. The van der Waals surface area contributed by atoms with Crippen LogP contribution in [0.1, 0.15) is 42.5 Å². The Morgan fingerprint density at radius 3 is 2.59 bits per heavy atom. The monoisotopic (exact) mass is 425 g/mol. The van der Waals surface area contributed by atoms with Crippen molar-refractivity contribution in [2.45, 2.75) is 38.5 Å². The molecule has 0 aliphatic heterocycles. The zero-order valence-electron chi connectivity index (χ0n) is 18.5. The van der Waals surface area contributed by atoms with Crippen molar-refractivity contribution in [1.82, 2.24) is 10.3 Å². The standard InChI is InChI=1S/C28H31N3O/c32-27(19-9-4-14-22-12-2-1-3-13-22)29-20-10-11-21-30-28-23-15-5-7-17-25(23)31-26-18-8-6-16-24(26)28/h1-5,7,9,12-15,17,19H,6,8,10-11,16,18,20-21H2,(H,29,32)(H,30,31)/b14-4+,19-9+. The number of carbonyl (C=O) groups is 1. The molecule has 2 aromatic carbocycles. The second-order valence-electron chi connectivity index (χ2n) is 8.19. The smallest absolute Gasteiger partial charge is 0.243 e. The molecule has 2 N–H and O–H groups in total. The predicted octanol–water partition coefficient (Wildman–Crippen LogP) is 5.69. The molecule has 0 bridgehead atoms. The highest BCUT2D eigenvalue weighted by Gasteiger charge is 2.17. The Bertz CT molecular complexity index is 1100. The van der Waals surface area contributed by atoms with E-state index in [0.29, 0.717) is 6.54 Å². The molecular weight excluding hydrogens is 394 g/mol. The molecule has 3 aromatic rings. The number of unbranched alkanes of at least 4 members (excludes halogenated alkanes) is 1. The summed E-state index contributed by atoms with van der Waals surface area (Å²) in [4.78, 5) is 16.9. The minimum absolute atomic E-state index is 0.0510. The first-order valence-electron chi connectivity index (χ1n) is 11.6. The van der Waals surface area contributed by atoms with Gasteiger partial charge in [-0.1, -0.05) is 66.8 Å². The molecule has 4 heteroatoms. The average Bonchev–Trinajstić information content (AvgIpc) is 2.84. The number of pyridine rings is 1. The average molecular weight is 426 g/mol. The zero-order chi connectivity index (χ0) is 22.0. The second kappa shape index (κ2) is 11.3. The van der Waals surface area contributed by atoms with Crippen LogP contribution in [0.25, 0.3) is 17.0 Å². The van der Waals surface area contributed by atoms with Crippen molar-refractivity contribution in [3.8, 4) is 0 Å². The molecule has 0 radical (unpaired) electrons. The van der Waals surface area contributed by atoms with Crippen LogP contribution in [0.4, 0.5) is 5.69 Å². The normalized spacial score (nSPS) is 13.5. The molecule has 0 spiro atoms. The van der Waals surface area contributed by atoms with Crippen molar-refractivity contribution in [3.63, 3.8) is 0 Å². The van der Waals surface area contributed by atoms with Crippen LogP contribution in [0.15, 0.2) is 72.8 Å². The number of benzene rings is 2. The lowest BCUT2D eigenvalue weighted by atomic mass is 9.92. The van der Waals surface area contributed by atoms with Crippen LogP contribution in [-0.4, -0.2) is 24.0 Å². The van der Waals surface area contributed by atoms with E-state index in [-0.39, 0.29) is 5.91 Å². The number of fused-ring (bicyclic) bond motifs is 2. The molecule has 0 fully saturated rings. The number of nitrogens with one attached hydrogen (secondary N) is 2. The van der Waals surface area contributed by atoms with Crippen molar-refractivity contribution < 1.29 is 4.79 Å². The highest BCUT2D eigenvalue weighted by atomic mass is 16.1. The lowest BCUT2D eigenvalue weighted by molar-refractivity contribution is -0.116. The molecule has 4 nitrogen and oxygen atoms in total. The van der Waals surface area contributed by atoms with Gasteiger partial charge in [0.2, 0.25) is 5.91 Å².